The number of amides is 2. The van der Waals surface area contributed by atoms with Crippen LogP contribution in [0.25, 0.3) is 0 Å². The molecule has 2 fully saturated rings. The Balaban J connectivity index is 2.47. The summed E-state index contributed by atoms with van der Waals surface area (Å²) in [7, 11) is 0. The highest BCUT2D eigenvalue weighted by Crippen LogP contribution is 2.47. The fourth-order valence-corrected chi connectivity index (χ4v) is 2.25. The predicted octanol–water partition coefficient (Wildman–Crippen LogP) is -0.351. The molecule has 0 saturated carbocycles. The van der Waals surface area contributed by atoms with Crippen LogP contribution in [0, 0.1) is 10.8 Å². The Bertz CT molecular complexity index is 289. The third-order valence-corrected chi connectivity index (χ3v) is 3.72. The average molecular weight is 182 g/mol. The molecule has 2 atom stereocenters. The smallest absolute Gasteiger partial charge is 0.236 e. The molecule has 4 nitrogen and oxygen atoms in total. The van der Waals surface area contributed by atoms with Gasteiger partial charge < -0.3 is 10.6 Å². The van der Waals surface area contributed by atoms with E-state index in [-0.39, 0.29) is 17.2 Å². The molecule has 2 saturated heterocycles. The van der Waals surface area contributed by atoms with Crippen LogP contribution in [0.5, 0.6) is 0 Å². The fraction of sp³-hybridized carbons (Fsp3) is 0.778. The summed E-state index contributed by atoms with van der Waals surface area (Å²) < 4.78 is 0. The Kier molecular flexibility index (Phi) is 1.47. The normalized spacial score (nSPS) is 43.8. The van der Waals surface area contributed by atoms with Crippen LogP contribution in [0.2, 0.25) is 0 Å². The van der Waals surface area contributed by atoms with Crippen LogP contribution in [0.1, 0.15) is 20.3 Å². The maximum atomic E-state index is 11.6. The van der Waals surface area contributed by atoms with E-state index in [4.69, 9.17) is 0 Å². The predicted molar refractivity (Wildman–Crippen MR) is 46.9 cm³/mol. The molecule has 2 heterocycles. The third-order valence-electron chi connectivity index (χ3n) is 3.72. The summed E-state index contributed by atoms with van der Waals surface area (Å²) >= 11 is 0. The van der Waals surface area contributed by atoms with Crippen LogP contribution in [0.4, 0.5) is 0 Å². The monoisotopic (exact) mass is 182 g/mol. The van der Waals surface area contributed by atoms with E-state index in [1.165, 1.54) is 0 Å². The number of piperidine rings is 1. The molecule has 2 aliphatic rings. The molecule has 0 aromatic heterocycles. The number of rotatable bonds is 0. The summed E-state index contributed by atoms with van der Waals surface area (Å²) in [5.41, 5.74) is -1.06. The molecule has 2 aliphatic heterocycles. The zero-order chi connectivity index (χ0) is 9.69. The zero-order valence-corrected chi connectivity index (χ0v) is 7.94. The Labute approximate surface area is 77.1 Å². The van der Waals surface area contributed by atoms with E-state index in [0.29, 0.717) is 13.1 Å². The molecule has 0 aromatic carbocycles. The standard InChI is InChI=1S/C9H14N2O2/c1-8-3-4-10-6(12)9(8,2)7(13)11-5-8/h3-5H2,1-2H3,(H,10,12)(H,11,13)/t8-,9+/m0/s1. The Morgan fingerprint density at radius 3 is 2.38 bits per heavy atom. The first kappa shape index (κ1) is 8.53. The molecular formula is C9H14N2O2. The number of hydrogen-bond donors (Lipinski definition) is 2. The minimum Gasteiger partial charge on any atom is -0.355 e. The minimum atomic E-state index is -0.856. The second kappa shape index (κ2) is 2.25. The third kappa shape index (κ3) is 0.806. The molecule has 0 radical (unpaired) electrons. The summed E-state index contributed by atoms with van der Waals surface area (Å²) in [5, 5.41) is 5.52. The second-order valence-electron chi connectivity index (χ2n) is 4.37. The number of carbonyl (C=O) groups excluding carboxylic acids is 2. The zero-order valence-electron chi connectivity index (χ0n) is 7.94. The first-order valence-electron chi connectivity index (χ1n) is 4.57. The highest BCUT2D eigenvalue weighted by molar-refractivity contribution is 6.07. The maximum Gasteiger partial charge on any atom is 0.236 e. The van der Waals surface area contributed by atoms with Crippen LogP contribution < -0.4 is 10.6 Å². The molecule has 13 heavy (non-hydrogen) atoms. The molecule has 2 amide bonds. The van der Waals surface area contributed by atoms with Gasteiger partial charge in [-0.15, -0.1) is 0 Å². The van der Waals surface area contributed by atoms with Crippen molar-refractivity contribution in [2.75, 3.05) is 13.1 Å². The van der Waals surface area contributed by atoms with Crippen LogP contribution in [0.3, 0.4) is 0 Å². The quantitative estimate of drug-likeness (QED) is 0.503. The fourth-order valence-electron chi connectivity index (χ4n) is 2.25. The Morgan fingerprint density at radius 2 is 1.77 bits per heavy atom. The van der Waals surface area contributed by atoms with E-state index >= 15 is 0 Å². The van der Waals surface area contributed by atoms with Gasteiger partial charge in [-0.2, -0.15) is 0 Å². The highest BCUT2D eigenvalue weighted by atomic mass is 16.2. The molecule has 0 aromatic rings. The van der Waals surface area contributed by atoms with E-state index in [2.05, 4.69) is 10.6 Å². The molecule has 72 valence electrons. The largest absolute Gasteiger partial charge is 0.355 e. The SMILES string of the molecule is C[C@@]12CCNC(=O)[C@]1(C)C(=O)NC2. The Hall–Kier alpha value is -1.06. The van der Waals surface area contributed by atoms with Crippen molar-refractivity contribution in [2.45, 2.75) is 20.3 Å². The number of carbonyl (C=O) groups is 2. The number of hydrogen-bond acceptors (Lipinski definition) is 2. The van der Waals surface area contributed by atoms with Crippen molar-refractivity contribution in [1.82, 2.24) is 10.6 Å². The highest BCUT2D eigenvalue weighted by Gasteiger charge is 2.61. The van der Waals surface area contributed by atoms with Gasteiger partial charge in [-0.05, 0) is 13.3 Å². The van der Waals surface area contributed by atoms with E-state index in [1.807, 2.05) is 6.92 Å². The van der Waals surface area contributed by atoms with Crippen LogP contribution >= 0.6 is 0 Å². The van der Waals surface area contributed by atoms with Gasteiger partial charge in [0.15, 0.2) is 0 Å². The number of fused-ring (bicyclic) bond motifs is 1. The van der Waals surface area contributed by atoms with Crippen LogP contribution in [-0.4, -0.2) is 24.9 Å². The molecule has 0 bridgehead atoms. The summed E-state index contributed by atoms with van der Waals surface area (Å²) in [6, 6.07) is 0. The lowest BCUT2D eigenvalue weighted by molar-refractivity contribution is -0.148. The van der Waals surface area contributed by atoms with Gasteiger partial charge in [0.05, 0.1) is 0 Å². The van der Waals surface area contributed by atoms with Gasteiger partial charge in [-0.1, -0.05) is 6.92 Å². The van der Waals surface area contributed by atoms with Crippen molar-refractivity contribution in [1.29, 1.82) is 0 Å². The van der Waals surface area contributed by atoms with E-state index in [1.54, 1.807) is 6.92 Å². The van der Waals surface area contributed by atoms with E-state index in [0.717, 1.165) is 6.42 Å². The molecule has 2 N–H and O–H groups in total. The first-order chi connectivity index (χ1) is 6.01. The topological polar surface area (TPSA) is 58.2 Å². The summed E-state index contributed by atoms with van der Waals surface area (Å²) in [6.07, 6.45) is 0.869. The van der Waals surface area contributed by atoms with E-state index in [9.17, 15) is 9.59 Å². The maximum absolute atomic E-state index is 11.6. The lowest BCUT2D eigenvalue weighted by Gasteiger charge is -2.40. The van der Waals surface area contributed by atoms with E-state index < -0.39 is 5.41 Å². The minimum absolute atomic E-state index is 0.128. The molecule has 2 rings (SSSR count). The Morgan fingerprint density at radius 1 is 1.15 bits per heavy atom. The molecule has 0 aliphatic carbocycles. The van der Waals surface area contributed by atoms with Crippen molar-refractivity contribution < 1.29 is 9.59 Å². The molecule has 0 spiro atoms. The van der Waals surface area contributed by atoms with Crippen molar-refractivity contribution in [2.24, 2.45) is 10.8 Å². The lowest BCUT2D eigenvalue weighted by Crippen LogP contribution is -2.56. The van der Waals surface area contributed by atoms with Gasteiger partial charge in [0.25, 0.3) is 0 Å². The van der Waals surface area contributed by atoms with Gasteiger partial charge in [0.1, 0.15) is 5.41 Å². The van der Waals surface area contributed by atoms with Gasteiger partial charge in [0, 0.05) is 18.5 Å². The van der Waals surface area contributed by atoms with Crippen molar-refractivity contribution in [3.05, 3.63) is 0 Å². The van der Waals surface area contributed by atoms with Crippen molar-refractivity contribution in [3.8, 4) is 0 Å². The summed E-state index contributed by atoms with van der Waals surface area (Å²) in [6.45, 7) is 5.04. The van der Waals surface area contributed by atoms with Gasteiger partial charge >= 0.3 is 0 Å². The molecular weight excluding hydrogens is 168 g/mol. The summed E-state index contributed by atoms with van der Waals surface area (Å²) in [4.78, 5) is 23.2. The second-order valence-corrected chi connectivity index (χ2v) is 4.37. The van der Waals surface area contributed by atoms with Crippen molar-refractivity contribution >= 4 is 11.8 Å². The summed E-state index contributed by atoms with van der Waals surface area (Å²) in [5.74, 6) is -0.261. The van der Waals surface area contributed by atoms with Gasteiger partial charge in [-0.3, -0.25) is 9.59 Å². The average Bonchev–Trinajstić information content (AvgIpc) is 2.31. The van der Waals surface area contributed by atoms with Crippen LogP contribution in [0.15, 0.2) is 0 Å². The molecule has 0 unspecified atom stereocenters. The van der Waals surface area contributed by atoms with Gasteiger partial charge in [0.2, 0.25) is 11.8 Å². The molecule has 4 heteroatoms. The van der Waals surface area contributed by atoms with Crippen LogP contribution in [-0.2, 0) is 9.59 Å². The lowest BCUT2D eigenvalue weighted by atomic mass is 9.63. The van der Waals surface area contributed by atoms with Crippen molar-refractivity contribution in [3.63, 3.8) is 0 Å². The van der Waals surface area contributed by atoms with Gasteiger partial charge in [-0.25, -0.2) is 0 Å². The number of nitrogens with one attached hydrogen (secondary N) is 2. The first-order valence-corrected chi connectivity index (χ1v) is 4.57.